The first-order valence-corrected chi connectivity index (χ1v) is 1.72. The van der Waals surface area contributed by atoms with E-state index >= 15 is 0 Å². The Kier molecular flexibility index (Phi) is 4.12. The normalized spacial score (nSPS) is 9.67. The molecule has 0 atom stereocenters. The van der Waals surface area contributed by atoms with Gasteiger partial charge in [-0.25, -0.2) is 0 Å². The average Bonchev–Trinajstić information content (AvgIpc) is 1.61. The van der Waals surface area contributed by atoms with Gasteiger partial charge < -0.3 is 4.89 Å². The first-order chi connectivity index (χ1) is 2.91. The van der Waals surface area contributed by atoms with E-state index in [0.29, 0.717) is 0 Å². The van der Waals surface area contributed by atoms with Crippen molar-refractivity contribution in [1.82, 2.24) is 0 Å². The van der Waals surface area contributed by atoms with E-state index in [2.05, 4.69) is 9.78 Å². The summed E-state index contributed by atoms with van der Waals surface area (Å²) in [6.07, 6.45) is 3.20. The van der Waals surface area contributed by atoms with Crippen LogP contribution in [0, 0.1) is 0 Å². The summed E-state index contributed by atoms with van der Waals surface area (Å²) in [4.78, 5) is 8.50. The van der Waals surface area contributed by atoms with E-state index < -0.39 is 0 Å². The standard InChI is InChI=1S/C4H8O2/c1-3-4-6-5-2/h3-4H,1-2H3/b4-3-. The molecule has 0 unspecified atom stereocenters. The minimum atomic E-state index is 1.46. The third kappa shape index (κ3) is 3.50. The van der Waals surface area contributed by atoms with Gasteiger partial charge in [-0.3, -0.25) is 0 Å². The molecular formula is C4H8O2. The van der Waals surface area contributed by atoms with Gasteiger partial charge in [-0.1, -0.05) is 0 Å². The Bertz CT molecular complexity index is 40.8. The third-order valence-corrected chi connectivity index (χ3v) is 0.288. The lowest BCUT2D eigenvalue weighted by Crippen LogP contribution is -1.73. The molecule has 0 aromatic heterocycles. The van der Waals surface area contributed by atoms with Crippen molar-refractivity contribution in [2.24, 2.45) is 0 Å². The Labute approximate surface area is 37.3 Å². The van der Waals surface area contributed by atoms with Gasteiger partial charge in [0.25, 0.3) is 0 Å². The van der Waals surface area contributed by atoms with Crippen LogP contribution in [0.5, 0.6) is 0 Å². The van der Waals surface area contributed by atoms with Crippen LogP contribution >= 0.6 is 0 Å². The lowest BCUT2D eigenvalue weighted by molar-refractivity contribution is -0.222. The summed E-state index contributed by atoms with van der Waals surface area (Å²) >= 11 is 0. The first kappa shape index (κ1) is 5.50. The highest BCUT2D eigenvalue weighted by molar-refractivity contribution is 4.62. The van der Waals surface area contributed by atoms with Crippen molar-refractivity contribution < 1.29 is 9.78 Å². The van der Waals surface area contributed by atoms with Crippen molar-refractivity contribution in [2.45, 2.75) is 6.92 Å². The van der Waals surface area contributed by atoms with E-state index in [1.165, 1.54) is 13.4 Å². The zero-order chi connectivity index (χ0) is 4.83. The second kappa shape index (κ2) is 4.50. The Hall–Kier alpha value is -0.500. The predicted octanol–water partition coefficient (Wildman–Crippen LogP) is 1.10. The zero-order valence-electron chi connectivity index (χ0n) is 3.97. The van der Waals surface area contributed by atoms with E-state index in [0.717, 1.165) is 0 Å². The van der Waals surface area contributed by atoms with Crippen LogP contribution < -0.4 is 0 Å². The van der Waals surface area contributed by atoms with Crippen LogP contribution in [0.1, 0.15) is 6.92 Å². The van der Waals surface area contributed by atoms with Crippen LogP contribution in [0.2, 0.25) is 0 Å². The topological polar surface area (TPSA) is 18.5 Å². The van der Waals surface area contributed by atoms with Gasteiger partial charge in [-0.2, -0.15) is 4.89 Å². The van der Waals surface area contributed by atoms with E-state index in [-0.39, 0.29) is 0 Å². The molecule has 0 saturated heterocycles. The van der Waals surface area contributed by atoms with Gasteiger partial charge in [0.15, 0.2) is 0 Å². The van der Waals surface area contributed by atoms with Crippen molar-refractivity contribution in [2.75, 3.05) is 7.11 Å². The second-order valence-corrected chi connectivity index (χ2v) is 0.732. The maximum atomic E-state index is 4.30. The van der Waals surface area contributed by atoms with E-state index in [9.17, 15) is 0 Å². The van der Waals surface area contributed by atoms with Crippen LogP contribution in [0.25, 0.3) is 0 Å². The molecule has 0 heterocycles. The van der Waals surface area contributed by atoms with Crippen LogP contribution in [0.4, 0.5) is 0 Å². The molecule has 0 aliphatic carbocycles. The Morgan fingerprint density at radius 1 is 1.50 bits per heavy atom. The van der Waals surface area contributed by atoms with Crippen molar-refractivity contribution in [1.29, 1.82) is 0 Å². The van der Waals surface area contributed by atoms with Crippen LogP contribution in [0.15, 0.2) is 12.3 Å². The largest absolute Gasteiger partial charge is 0.346 e. The summed E-state index contributed by atoms with van der Waals surface area (Å²) in [7, 11) is 1.46. The molecule has 2 nitrogen and oxygen atoms in total. The highest BCUT2D eigenvalue weighted by Gasteiger charge is 1.59. The molecule has 0 bridgehead atoms. The molecule has 0 saturated carbocycles. The van der Waals surface area contributed by atoms with Crippen molar-refractivity contribution >= 4 is 0 Å². The molecule has 0 N–H and O–H groups in total. The molecule has 36 valence electrons. The van der Waals surface area contributed by atoms with Crippen LogP contribution in [-0.4, -0.2) is 7.11 Å². The Morgan fingerprint density at radius 3 is 2.33 bits per heavy atom. The first-order valence-electron chi connectivity index (χ1n) is 1.72. The lowest BCUT2D eigenvalue weighted by Gasteiger charge is -1.85. The Morgan fingerprint density at radius 2 is 2.17 bits per heavy atom. The molecular weight excluding hydrogens is 80.0 g/mol. The fourth-order valence-corrected chi connectivity index (χ4v) is 0.111. The summed E-state index contributed by atoms with van der Waals surface area (Å²) < 4.78 is 0. The minimum absolute atomic E-state index is 1.46. The number of hydrogen-bond donors (Lipinski definition) is 0. The van der Waals surface area contributed by atoms with Gasteiger partial charge in [0.1, 0.15) is 6.26 Å². The number of rotatable bonds is 2. The van der Waals surface area contributed by atoms with E-state index in [1.54, 1.807) is 6.08 Å². The average molecular weight is 88.1 g/mol. The lowest BCUT2D eigenvalue weighted by atomic mass is 10.7. The van der Waals surface area contributed by atoms with Gasteiger partial charge in [-0.15, -0.1) is 0 Å². The van der Waals surface area contributed by atoms with Gasteiger partial charge in [0.05, 0.1) is 7.11 Å². The van der Waals surface area contributed by atoms with E-state index in [1.807, 2.05) is 6.92 Å². The highest BCUT2D eigenvalue weighted by atomic mass is 17.2. The molecule has 0 aliphatic heterocycles. The van der Waals surface area contributed by atoms with Gasteiger partial charge in [-0.05, 0) is 13.0 Å². The summed E-state index contributed by atoms with van der Waals surface area (Å²) in [5.41, 5.74) is 0. The molecule has 6 heavy (non-hydrogen) atoms. The van der Waals surface area contributed by atoms with Gasteiger partial charge in [0, 0.05) is 0 Å². The van der Waals surface area contributed by atoms with Gasteiger partial charge in [0.2, 0.25) is 0 Å². The molecule has 0 aliphatic rings. The van der Waals surface area contributed by atoms with E-state index in [4.69, 9.17) is 0 Å². The summed E-state index contributed by atoms with van der Waals surface area (Å²) in [5, 5.41) is 0. The molecule has 0 radical (unpaired) electrons. The predicted molar refractivity (Wildman–Crippen MR) is 22.9 cm³/mol. The molecule has 0 aromatic rings. The maximum absolute atomic E-state index is 4.30. The summed E-state index contributed by atoms with van der Waals surface area (Å²) in [6, 6.07) is 0. The smallest absolute Gasteiger partial charge is 0.125 e. The zero-order valence-corrected chi connectivity index (χ0v) is 3.97. The molecule has 0 amide bonds. The SMILES string of the molecule is C/C=C\OOC. The highest BCUT2D eigenvalue weighted by Crippen LogP contribution is 1.72. The van der Waals surface area contributed by atoms with Crippen molar-refractivity contribution in [3.05, 3.63) is 12.3 Å². The number of allylic oxidation sites excluding steroid dienone is 1. The monoisotopic (exact) mass is 88.1 g/mol. The Balaban J connectivity index is 2.66. The molecule has 0 aromatic carbocycles. The second-order valence-electron chi connectivity index (χ2n) is 0.732. The third-order valence-electron chi connectivity index (χ3n) is 0.288. The summed E-state index contributed by atoms with van der Waals surface area (Å²) in [5.74, 6) is 0. The molecule has 0 rings (SSSR count). The fourth-order valence-electron chi connectivity index (χ4n) is 0.111. The van der Waals surface area contributed by atoms with Crippen LogP contribution in [0.3, 0.4) is 0 Å². The van der Waals surface area contributed by atoms with Crippen molar-refractivity contribution in [3.63, 3.8) is 0 Å². The fraction of sp³-hybridized carbons (Fsp3) is 0.500. The maximum Gasteiger partial charge on any atom is 0.125 e. The van der Waals surface area contributed by atoms with Gasteiger partial charge >= 0.3 is 0 Å². The summed E-state index contributed by atoms with van der Waals surface area (Å²) in [6.45, 7) is 1.85. The molecule has 2 heteroatoms. The van der Waals surface area contributed by atoms with Crippen LogP contribution in [-0.2, 0) is 9.78 Å². The number of hydrogen-bond acceptors (Lipinski definition) is 2. The molecule has 0 fully saturated rings. The molecule has 0 spiro atoms. The van der Waals surface area contributed by atoms with Crippen molar-refractivity contribution in [3.8, 4) is 0 Å². The minimum Gasteiger partial charge on any atom is -0.346 e. The quantitative estimate of drug-likeness (QED) is 0.286.